The molecular formula is C15H27N5O. The van der Waals surface area contributed by atoms with Crippen molar-refractivity contribution in [3.8, 4) is 0 Å². The number of carbonyl (C=O) groups is 1. The number of rotatable bonds is 4. The zero-order valence-electron chi connectivity index (χ0n) is 13.6. The molecule has 1 aromatic rings. The Kier molecular flexibility index (Phi) is 4.98. The van der Waals surface area contributed by atoms with Crippen molar-refractivity contribution in [2.45, 2.75) is 65.1 Å². The highest BCUT2D eigenvalue weighted by molar-refractivity contribution is 5.81. The van der Waals surface area contributed by atoms with Crippen molar-refractivity contribution in [1.82, 2.24) is 25.2 Å². The van der Waals surface area contributed by atoms with E-state index in [1.807, 2.05) is 22.7 Å². The molecule has 0 aromatic carbocycles. The van der Waals surface area contributed by atoms with Crippen molar-refractivity contribution in [2.75, 3.05) is 13.1 Å². The molecule has 0 radical (unpaired) electrons. The van der Waals surface area contributed by atoms with Gasteiger partial charge in [0, 0.05) is 19.6 Å². The summed E-state index contributed by atoms with van der Waals surface area (Å²) in [7, 11) is 0. The van der Waals surface area contributed by atoms with Crippen LogP contribution in [0, 0.1) is 0 Å². The minimum absolute atomic E-state index is 0.0690. The Morgan fingerprint density at radius 3 is 2.57 bits per heavy atom. The van der Waals surface area contributed by atoms with Crippen LogP contribution in [0.15, 0.2) is 6.20 Å². The van der Waals surface area contributed by atoms with Gasteiger partial charge in [-0.05, 0) is 47.0 Å². The molecule has 6 heteroatoms. The number of amides is 1. The molecule has 1 N–H and O–H groups in total. The summed E-state index contributed by atoms with van der Waals surface area (Å²) in [4.78, 5) is 14.3. The molecule has 1 aromatic heterocycles. The van der Waals surface area contributed by atoms with Gasteiger partial charge in [-0.2, -0.15) is 0 Å². The molecule has 1 unspecified atom stereocenters. The molecule has 0 bridgehead atoms. The first-order chi connectivity index (χ1) is 9.88. The van der Waals surface area contributed by atoms with Crippen LogP contribution in [-0.4, -0.2) is 44.9 Å². The quantitative estimate of drug-likeness (QED) is 0.914. The number of nitrogens with one attached hydrogen (secondary N) is 1. The Labute approximate surface area is 126 Å². The Morgan fingerprint density at radius 1 is 1.33 bits per heavy atom. The Bertz CT molecular complexity index is 471. The molecule has 0 aliphatic carbocycles. The maximum Gasteiger partial charge on any atom is 0.239 e. The average Bonchev–Trinajstić information content (AvgIpc) is 2.94. The maximum atomic E-state index is 12.3. The van der Waals surface area contributed by atoms with Crippen LogP contribution in [0.2, 0.25) is 0 Å². The fourth-order valence-electron chi connectivity index (χ4n) is 2.44. The molecule has 0 spiro atoms. The molecule has 21 heavy (non-hydrogen) atoms. The monoisotopic (exact) mass is 293 g/mol. The summed E-state index contributed by atoms with van der Waals surface area (Å²) in [6, 6.07) is -0.178. The summed E-state index contributed by atoms with van der Waals surface area (Å²) >= 11 is 0. The third kappa shape index (κ3) is 4.27. The van der Waals surface area contributed by atoms with Gasteiger partial charge in [0.05, 0.1) is 23.5 Å². The van der Waals surface area contributed by atoms with Gasteiger partial charge in [-0.25, -0.2) is 4.68 Å². The normalized spacial score (nSPS) is 17.8. The van der Waals surface area contributed by atoms with Gasteiger partial charge in [0.25, 0.3) is 0 Å². The van der Waals surface area contributed by atoms with Gasteiger partial charge in [-0.3, -0.25) is 4.79 Å². The highest BCUT2D eigenvalue weighted by Gasteiger charge is 2.22. The van der Waals surface area contributed by atoms with Crippen molar-refractivity contribution >= 4 is 5.91 Å². The SMILES string of the molecule is CC(NCc1cn(C(C)(C)C)nn1)C(=O)N1CCCCC1. The summed E-state index contributed by atoms with van der Waals surface area (Å²) in [6.45, 7) is 10.5. The fourth-order valence-corrected chi connectivity index (χ4v) is 2.44. The van der Waals surface area contributed by atoms with Crippen LogP contribution in [0.1, 0.15) is 52.7 Å². The van der Waals surface area contributed by atoms with Crippen molar-refractivity contribution in [1.29, 1.82) is 0 Å². The second-order valence-electron chi connectivity index (χ2n) is 6.81. The largest absolute Gasteiger partial charge is 0.341 e. The standard InChI is InChI=1S/C15H27N5O/c1-12(14(21)19-8-6-5-7-9-19)16-10-13-11-20(18-17-13)15(2,3)4/h11-12,16H,5-10H2,1-4H3. The zero-order valence-corrected chi connectivity index (χ0v) is 13.6. The molecule has 1 saturated heterocycles. The number of aromatic nitrogens is 3. The topological polar surface area (TPSA) is 63.1 Å². The third-order valence-corrected chi connectivity index (χ3v) is 3.86. The second-order valence-corrected chi connectivity index (χ2v) is 6.81. The predicted molar refractivity (Wildman–Crippen MR) is 81.8 cm³/mol. The minimum Gasteiger partial charge on any atom is -0.341 e. The molecule has 1 amide bonds. The molecule has 2 rings (SSSR count). The van der Waals surface area contributed by atoms with Gasteiger partial charge >= 0.3 is 0 Å². The van der Waals surface area contributed by atoms with E-state index in [2.05, 4.69) is 36.4 Å². The summed E-state index contributed by atoms with van der Waals surface area (Å²) in [5, 5.41) is 11.5. The zero-order chi connectivity index (χ0) is 15.5. The number of likely N-dealkylation sites (tertiary alicyclic amines) is 1. The predicted octanol–water partition coefficient (Wildman–Crippen LogP) is 1.52. The van der Waals surface area contributed by atoms with Crippen molar-refractivity contribution in [3.05, 3.63) is 11.9 Å². The maximum absolute atomic E-state index is 12.3. The lowest BCUT2D eigenvalue weighted by Gasteiger charge is -2.29. The van der Waals surface area contributed by atoms with Crippen LogP contribution in [0.3, 0.4) is 0 Å². The van der Waals surface area contributed by atoms with Gasteiger partial charge in [0.15, 0.2) is 0 Å². The van der Waals surface area contributed by atoms with Gasteiger partial charge in [-0.15, -0.1) is 5.10 Å². The summed E-state index contributed by atoms with van der Waals surface area (Å²) in [6.07, 6.45) is 5.42. The van der Waals surface area contributed by atoms with Crippen LogP contribution in [-0.2, 0) is 16.9 Å². The van der Waals surface area contributed by atoms with E-state index >= 15 is 0 Å². The molecule has 1 atom stereocenters. The highest BCUT2D eigenvalue weighted by atomic mass is 16.2. The van der Waals surface area contributed by atoms with E-state index in [9.17, 15) is 4.79 Å². The second kappa shape index (κ2) is 6.56. The van der Waals surface area contributed by atoms with E-state index in [1.54, 1.807) is 0 Å². The lowest BCUT2D eigenvalue weighted by molar-refractivity contribution is -0.133. The first kappa shape index (κ1) is 15.9. The first-order valence-electron chi connectivity index (χ1n) is 7.82. The number of piperidine rings is 1. The van der Waals surface area contributed by atoms with E-state index in [1.165, 1.54) is 6.42 Å². The number of carbonyl (C=O) groups excluding carboxylic acids is 1. The average molecular weight is 293 g/mol. The smallest absolute Gasteiger partial charge is 0.239 e. The van der Waals surface area contributed by atoms with Crippen LogP contribution in [0.5, 0.6) is 0 Å². The van der Waals surface area contributed by atoms with Crippen molar-refractivity contribution in [3.63, 3.8) is 0 Å². The molecule has 1 fully saturated rings. The number of hydrogen-bond donors (Lipinski definition) is 1. The molecular weight excluding hydrogens is 266 g/mol. The first-order valence-corrected chi connectivity index (χ1v) is 7.82. The molecule has 1 aliphatic heterocycles. The molecule has 0 saturated carbocycles. The van der Waals surface area contributed by atoms with E-state index in [0.717, 1.165) is 31.6 Å². The Hall–Kier alpha value is -1.43. The van der Waals surface area contributed by atoms with Gasteiger partial charge in [0.2, 0.25) is 5.91 Å². The Morgan fingerprint density at radius 2 is 2.00 bits per heavy atom. The summed E-state index contributed by atoms with van der Waals surface area (Å²) in [5.41, 5.74) is 0.795. The van der Waals surface area contributed by atoms with Crippen LogP contribution in [0.25, 0.3) is 0 Å². The molecule has 1 aliphatic rings. The van der Waals surface area contributed by atoms with Crippen LogP contribution in [0.4, 0.5) is 0 Å². The van der Waals surface area contributed by atoms with Crippen molar-refractivity contribution < 1.29 is 4.79 Å². The van der Waals surface area contributed by atoms with Gasteiger partial charge in [-0.1, -0.05) is 5.21 Å². The van der Waals surface area contributed by atoms with Crippen LogP contribution >= 0.6 is 0 Å². The van der Waals surface area contributed by atoms with Gasteiger partial charge < -0.3 is 10.2 Å². The number of hydrogen-bond acceptors (Lipinski definition) is 4. The minimum atomic E-state index is -0.178. The van der Waals surface area contributed by atoms with Gasteiger partial charge in [0.1, 0.15) is 0 Å². The lowest BCUT2D eigenvalue weighted by atomic mass is 10.1. The lowest BCUT2D eigenvalue weighted by Crippen LogP contribution is -2.46. The molecule has 2 heterocycles. The Balaban J connectivity index is 1.84. The fraction of sp³-hybridized carbons (Fsp3) is 0.800. The summed E-state index contributed by atoms with van der Waals surface area (Å²) in [5.74, 6) is 0.193. The third-order valence-electron chi connectivity index (χ3n) is 3.86. The van der Waals surface area contributed by atoms with Crippen LogP contribution < -0.4 is 5.32 Å². The number of nitrogens with zero attached hydrogens (tertiary/aromatic N) is 4. The van der Waals surface area contributed by atoms with Crippen molar-refractivity contribution in [2.24, 2.45) is 0 Å². The van der Waals surface area contributed by atoms with E-state index in [4.69, 9.17) is 0 Å². The van der Waals surface area contributed by atoms with E-state index in [-0.39, 0.29) is 17.5 Å². The molecule has 118 valence electrons. The molecule has 6 nitrogen and oxygen atoms in total. The van der Waals surface area contributed by atoms with E-state index in [0.29, 0.717) is 6.54 Å². The van der Waals surface area contributed by atoms with E-state index < -0.39 is 0 Å². The summed E-state index contributed by atoms with van der Waals surface area (Å²) < 4.78 is 1.85. The highest BCUT2D eigenvalue weighted by Crippen LogP contribution is 2.12.